The lowest BCUT2D eigenvalue weighted by molar-refractivity contribution is -0.145. The maximum Gasteiger partial charge on any atom is 0.252 e. The van der Waals surface area contributed by atoms with Crippen LogP contribution in [0.5, 0.6) is 0 Å². The minimum absolute atomic E-state index is 0.0266. The lowest BCUT2D eigenvalue weighted by Gasteiger charge is -2.35. The quantitative estimate of drug-likeness (QED) is 0.681. The minimum atomic E-state index is -0.317. The zero-order chi connectivity index (χ0) is 9.26. The van der Waals surface area contributed by atoms with E-state index in [1.54, 1.807) is 7.11 Å². The average molecular weight is 177 g/mol. The second-order valence-electron chi connectivity index (χ2n) is 3.05. The number of carbonyl (C=O) groups excluding carboxylic acids is 1. The van der Waals surface area contributed by atoms with E-state index in [1.165, 1.54) is 0 Å². The Balaban J connectivity index is 2.16. The molecule has 0 bridgehead atoms. The lowest BCUT2D eigenvalue weighted by atomic mass is 9.94. The van der Waals surface area contributed by atoms with Gasteiger partial charge in [-0.25, -0.2) is 0 Å². The first-order chi connectivity index (χ1) is 6.33. The summed E-state index contributed by atoms with van der Waals surface area (Å²) >= 11 is 0. The van der Waals surface area contributed by atoms with E-state index in [9.17, 15) is 4.79 Å². The number of β-lactam (4-membered cyclic amide) rings is 1. The van der Waals surface area contributed by atoms with Crippen molar-refractivity contribution in [2.24, 2.45) is 0 Å². The van der Waals surface area contributed by atoms with Gasteiger partial charge in [0.2, 0.25) is 0 Å². The molecule has 3 nitrogen and oxygen atoms in total. The third kappa shape index (κ3) is 1.31. The Bertz CT molecular complexity index is 310. The largest absolute Gasteiger partial charge is 0.369 e. The Morgan fingerprint density at radius 1 is 1.31 bits per heavy atom. The highest BCUT2D eigenvalue weighted by atomic mass is 16.5. The van der Waals surface area contributed by atoms with E-state index < -0.39 is 0 Å². The van der Waals surface area contributed by atoms with Crippen LogP contribution < -0.4 is 5.32 Å². The summed E-state index contributed by atoms with van der Waals surface area (Å²) in [5.74, 6) is -0.0312. The van der Waals surface area contributed by atoms with Crippen molar-refractivity contribution in [1.29, 1.82) is 0 Å². The van der Waals surface area contributed by atoms with Gasteiger partial charge in [-0.3, -0.25) is 4.79 Å². The summed E-state index contributed by atoms with van der Waals surface area (Å²) in [5, 5.41) is 2.80. The van der Waals surface area contributed by atoms with E-state index >= 15 is 0 Å². The number of benzene rings is 1. The van der Waals surface area contributed by atoms with Crippen molar-refractivity contribution in [3.63, 3.8) is 0 Å². The Morgan fingerprint density at radius 2 is 2.00 bits per heavy atom. The molecule has 13 heavy (non-hydrogen) atoms. The van der Waals surface area contributed by atoms with Gasteiger partial charge in [0.25, 0.3) is 5.91 Å². The molecule has 68 valence electrons. The smallest absolute Gasteiger partial charge is 0.252 e. The third-order valence-electron chi connectivity index (χ3n) is 2.27. The number of amides is 1. The number of carbonyl (C=O) groups is 1. The minimum Gasteiger partial charge on any atom is -0.369 e. The molecule has 1 amide bonds. The van der Waals surface area contributed by atoms with E-state index in [2.05, 4.69) is 5.32 Å². The van der Waals surface area contributed by atoms with Crippen LogP contribution in [-0.2, 0) is 9.53 Å². The van der Waals surface area contributed by atoms with Crippen LogP contribution >= 0.6 is 0 Å². The van der Waals surface area contributed by atoms with Crippen molar-refractivity contribution in [3.8, 4) is 0 Å². The highest BCUT2D eigenvalue weighted by Gasteiger charge is 2.40. The number of nitrogens with one attached hydrogen (secondary N) is 1. The van der Waals surface area contributed by atoms with Crippen LogP contribution in [0.25, 0.3) is 0 Å². The molecule has 1 saturated heterocycles. The van der Waals surface area contributed by atoms with Gasteiger partial charge in [0.05, 0.1) is 6.04 Å². The van der Waals surface area contributed by atoms with Gasteiger partial charge in [0.15, 0.2) is 6.10 Å². The molecule has 1 fully saturated rings. The standard InChI is InChI=1S/C10H11NO2/c1-13-9-8(11-10(9)12)7-5-3-2-4-6-7/h2-6,8-9H,1H3,(H,11,12)/t8-,9+/m0/s1. The fourth-order valence-electron chi connectivity index (χ4n) is 1.53. The van der Waals surface area contributed by atoms with E-state index in [4.69, 9.17) is 4.74 Å². The molecule has 1 aromatic rings. The number of rotatable bonds is 2. The van der Waals surface area contributed by atoms with Crippen molar-refractivity contribution in [3.05, 3.63) is 35.9 Å². The maximum atomic E-state index is 11.0. The number of methoxy groups -OCH3 is 1. The Hall–Kier alpha value is -1.35. The van der Waals surface area contributed by atoms with Crippen LogP contribution in [0.15, 0.2) is 30.3 Å². The molecule has 1 aliphatic heterocycles. The molecule has 1 aromatic carbocycles. The third-order valence-corrected chi connectivity index (χ3v) is 2.27. The lowest BCUT2D eigenvalue weighted by Crippen LogP contribution is -2.56. The fraction of sp³-hybridized carbons (Fsp3) is 0.300. The summed E-state index contributed by atoms with van der Waals surface area (Å²) in [4.78, 5) is 11.0. The molecule has 3 heteroatoms. The highest BCUT2D eigenvalue weighted by Crippen LogP contribution is 2.25. The summed E-state index contributed by atoms with van der Waals surface area (Å²) in [6, 6.07) is 9.84. The van der Waals surface area contributed by atoms with Crippen LogP contribution in [0.3, 0.4) is 0 Å². The monoisotopic (exact) mass is 177 g/mol. The maximum absolute atomic E-state index is 11.0. The molecule has 2 atom stereocenters. The van der Waals surface area contributed by atoms with E-state index in [0.29, 0.717) is 0 Å². The first-order valence-electron chi connectivity index (χ1n) is 4.21. The highest BCUT2D eigenvalue weighted by molar-refractivity contribution is 5.88. The zero-order valence-corrected chi connectivity index (χ0v) is 7.36. The van der Waals surface area contributed by atoms with Crippen molar-refractivity contribution >= 4 is 5.91 Å². The summed E-state index contributed by atoms with van der Waals surface area (Å²) in [6.07, 6.45) is -0.317. The SMILES string of the molecule is CO[C@H]1C(=O)N[C@H]1c1ccccc1. The van der Waals surface area contributed by atoms with Gasteiger partial charge < -0.3 is 10.1 Å². The first-order valence-corrected chi connectivity index (χ1v) is 4.21. The van der Waals surface area contributed by atoms with Crippen LogP contribution in [0, 0.1) is 0 Å². The number of ether oxygens (including phenoxy) is 1. The summed E-state index contributed by atoms with van der Waals surface area (Å²) in [6.45, 7) is 0. The topological polar surface area (TPSA) is 38.3 Å². The van der Waals surface area contributed by atoms with Crippen molar-refractivity contribution in [2.45, 2.75) is 12.1 Å². The van der Waals surface area contributed by atoms with E-state index in [-0.39, 0.29) is 18.1 Å². The molecule has 1 N–H and O–H groups in total. The Labute approximate surface area is 76.7 Å². The van der Waals surface area contributed by atoms with Gasteiger partial charge in [-0.15, -0.1) is 0 Å². The average Bonchev–Trinajstić information content (AvgIpc) is 2.16. The molecule has 0 aromatic heterocycles. The molecule has 1 heterocycles. The van der Waals surface area contributed by atoms with Gasteiger partial charge in [-0.2, -0.15) is 0 Å². The number of hydrogen-bond acceptors (Lipinski definition) is 2. The van der Waals surface area contributed by atoms with Gasteiger partial charge >= 0.3 is 0 Å². The van der Waals surface area contributed by atoms with Crippen molar-refractivity contribution in [1.82, 2.24) is 5.32 Å². The predicted molar refractivity (Wildman–Crippen MR) is 48.1 cm³/mol. The van der Waals surface area contributed by atoms with Gasteiger partial charge in [-0.1, -0.05) is 30.3 Å². The van der Waals surface area contributed by atoms with Gasteiger partial charge in [-0.05, 0) is 5.56 Å². The van der Waals surface area contributed by atoms with Crippen LogP contribution in [0.4, 0.5) is 0 Å². The van der Waals surface area contributed by atoms with Crippen LogP contribution in [0.2, 0.25) is 0 Å². The first kappa shape index (κ1) is 8.26. The van der Waals surface area contributed by atoms with Gasteiger partial charge in [0.1, 0.15) is 0 Å². The van der Waals surface area contributed by atoms with Crippen molar-refractivity contribution < 1.29 is 9.53 Å². The van der Waals surface area contributed by atoms with E-state index in [0.717, 1.165) is 5.56 Å². The molecule has 0 spiro atoms. The molecule has 1 aliphatic rings. The van der Waals surface area contributed by atoms with Gasteiger partial charge in [0, 0.05) is 7.11 Å². The summed E-state index contributed by atoms with van der Waals surface area (Å²) < 4.78 is 5.05. The Morgan fingerprint density at radius 3 is 2.54 bits per heavy atom. The predicted octanol–water partition coefficient (Wildman–Crippen LogP) is 0.872. The van der Waals surface area contributed by atoms with Crippen LogP contribution in [-0.4, -0.2) is 19.1 Å². The van der Waals surface area contributed by atoms with Crippen LogP contribution in [0.1, 0.15) is 11.6 Å². The molecule has 0 aliphatic carbocycles. The second kappa shape index (κ2) is 3.18. The molecule has 2 rings (SSSR count). The summed E-state index contributed by atoms with van der Waals surface area (Å²) in [5.41, 5.74) is 1.09. The Kier molecular flexibility index (Phi) is 2.02. The molecule has 0 saturated carbocycles. The molecular formula is C10H11NO2. The fourth-order valence-corrected chi connectivity index (χ4v) is 1.53. The second-order valence-corrected chi connectivity index (χ2v) is 3.05. The normalized spacial score (nSPS) is 26.4. The molecule has 0 radical (unpaired) electrons. The number of hydrogen-bond donors (Lipinski definition) is 1. The summed E-state index contributed by atoms with van der Waals surface area (Å²) in [7, 11) is 1.55. The molecular weight excluding hydrogens is 166 g/mol. The molecule has 0 unspecified atom stereocenters. The zero-order valence-electron chi connectivity index (χ0n) is 7.36. The van der Waals surface area contributed by atoms with Crippen molar-refractivity contribution in [2.75, 3.05) is 7.11 Å². The van der Waals surface area contributed by atoms with E-state index in [1.807, 2.05) is 30.3 Å².